The molecular weight excluding hydrogens is 254 g/mol. The van der Waals surface area contributed by atoms with Crippen LogP contribution >= 0.6 is 23.1 Å². The lowest BCUT2D eigenvalue weighted by Gasteiger charge is -2.06. The summed E-state index contributed by atoms with van der Waals surface area (Å²) in [6.45, 7) is 1.90. The lowest BCUT2D eigenvalue weighted by molar-refractivity contribution is -0.140. The highest BCUT2D eigenvalue weighted by Crippen LogP contribution is 2.30. The van der Waals surface area contributed by atoms with Crippen LogP contribution in [0.4, 0.5) is 0 Å². The van der Waals surface area contributed by atoms with Gasteiger partial charge < -0.3 is 5.11 Å². The highest BCUT2D eigenvalue weighted by molar-refractivity contribution is 8.01. The second kappa shape index (κ2) is 5.51. The molecule has 0 aliphatic rings. The van der Waals surface area contributed by atoms with Crippen LogP contribution in [-0.2, 0) is 4.79 Å². The maximum Gasteiger partial charge on any atom is 0.307 e. The van der Waals surface area contributed by atoms with Crippen LogP contribution in [0.15, 0.2) is 28.6 Å². The maximum absolute atomic E-state index is 10.9. The zero-order valence-corrected chi connectivity index (χ0v) is 11.1. The summed E-state index contributed by atoms with van der Waals surface area (Å²) < 4.78 is 2.10. The topological polar surface area (TPSA) is 50.2 Å². The predicted octanol–water partition coefficient (Wildman–Crippen LogP) is 3.50. The molecule has 0 amide bonds. The standard InChI is InChI=1S/C12H13NO2S2/c1-2-8(11(14)15)7-16-12-13-9-5-3-4-6-10(9)17-12/h3-6,8H,2,7H2,1H3,(H,14,15). The van der Waals surface area contributed by atoms with Crippen LogP contribution in [0.25, 0.3) is 10.2 Å². The number of benzene rings is 1. The van der Waals surface area contributed by atoms with Gasteiger partial charge in [-0.2, -0.15) is 0 Å². The van der Waals surface area contributed by atoms with Gasteiger partial charge in [0.05, 0.1) is 16.1 Å². The van der Waals surface area contributed by atoms with Gasteiger partial charge in [0.15, 0.2) is 4.34 Å². The van der Waals surface area contributed by atoms with Gasteiger partial charge in [0.25, 0.3) is 0 Å². The Morgan fingerprint density at radius 3 is 2.94 bits per heavy atom. The summed E-state index contributed by atoms with van der Waals surface area (Å²) in [6, 6.07) is 7.96. The van der Waals surface area contributed by atoms with Crippen LogP contribution in [0.2, 0.25) is 0 Å². The van der Waals surface area contributed by atoms with E-state index in [9.17, 15) is 4.79 Å². The first kappa shape index (κ1) is 12.4. The molecule has 17 heavy (non-hydrogen) atoms. The minimum absolute atomic E-state index is 0.285. The first-order valence-electron chi connectivity index (χ1n) is 5.42. The van der Waals surface area contributed by atoms with E-state index in [1.165, 1.54) is 11.8 Å². The molecule has 2 aromatic rings. The predicted molar refractivity (Wildman–Crippen MR) is 71.8 cm³/mol. The fourth-order valence-corrected chi connectivity index (χ4v) is 3.74. The van der Waals surface area contributed by atoms with E-state index in [0.29, 0.717) is 12.2 Å². The van der Waals surface area contributed by atoms with Crippen LogP contribution < -0.4 is 0 Å². The maximum atomic E-state index is 10.9. The Morgan fingerprint density at radius 2 is 2.29 bits per heavy atom. The fourth-order valence-electron chi connectivity index (χ4n) is 1.45. The van der Waals surface area contributed by atoms with Crippen LogP contribution in [0, 0.1) is 5.92 Å². The molecule has 1 aromatic carbocycles. The van der Waals surface area contributed by atoms with Crippen LogP contribution in [0.1, 0.15) is 13.3 Å². The minimum Gasteiger partial charge on any atom is -0.481 e. The molecule has 1 atom stereocenters. The first-order chi connectivity index (χ1) is 8.20. The lowest BCUT2D eigenvalue weighted by atomic mass is 10.1. The molecule has 0 saturated heterocycles. The Bertz CT molecular complexity index is 491. The third-order valence-electron chi connectivity index (χ3n) is 2.52. The van der Waals surface area contributed by atoms with Gasteiger partial charge in [-0.15, -0.1) is 11.3 Å². The van der Waals surface area contributed by atoms with Crippen molar-refractivity contribution in [2.75, 3.05) is 5.75 Å². The summed E-state index contributed by atoms with van der Waals surface area (Å²) in [7, 11) is 0. The van der Waals surface area contributed by atoms with Crippen molar-refractivity contribution in [1.29, 1.82) is 0 Å². The number of hydrogen-bond acceptors (Lipinski definition) is 4. The summed E-state index contributed by atoms with van der Waals surface area (Å²) >= 11 is 3.15. The van der Waals surface area contributed by atoms with Gasteiger partial charge in [0.2, 0.25) is 0 Å². The SMILES string of the molecule is CCC(CSc1nc2ccccc2s1)C(=O)O. The number of nitrogens with zero attached hydrogens (tertiary/aromatic N) is 1. The van der Waals surface area contributed by atoms with E-state index in [4.69, 9.17) is 5.11 Å². The van der Waals surface area contributed by atoms with E-state index in [1.807, 2.05) is 31.2 Å². The summed E-state index contributed by atoms with van der Waals surface area (Å²) in [4.78, 5) is 15.4. The van der Waals surface area contributed by atoms with Crippen molar-refractivity contribution in [1.82, 2.24) is 4.98 Å². The molecule has 0 radical (unpaired) electrons. The van der Waals surface area contributed by atoms with E-state index < -0.39 is 5.97 Å². The molecule has 0 bridgehead atoms. The molecule has 2 rings (SSSR count). The number of thiazole rings is 1. The molecular formula is C12H13NO2S2. The number of rotatable bonds is 5. The van der Waals surface area contributed by atoms with Crippen LogP contribution in [0.5, 0.6) is 0 Å². The molecule has 0 aliphatic carbocycles. The molecule has 90 valence electrons. The molecule has 5 heteroatoms. The second-order valence-corrected chi connectivity index (χ2v) is 6.00. The van der Waals surface area contributed by atoms with Crippen molar-refractivity contribution in [3.8, 4) is 0 Å². The number of aliphatic carboxylic acids is 1. The van der Waals surface area contributed by atoms with Crippen molar-refractivity contribution < 1.29 is 9.90 Å². The molecule has 0 saturated carbocycles. The average Bonchev–Trinajstić information content (AvgIpc) is 2.71. The lowest BCUT2D eigenvalue weighted by Crippen LogP contribution is -2.14. The Hall–Kier alpha value is -1.07. The van der Waals surface area contributed by atoms with Gasteiger partial charge in [0, 0.05) is 5.75 Å². The van der Waals surface area contributed by atoms with Gasteiger partial charge in [-0.25, -0.2) is 4.98 Å². The Kier molecular flexibility index (Phi) is 4.02. The van der Waals surface area contributed by atoms with Crippen molar-refractivity contribution in [3.05, 3.63) is 24.3 Å². The zero-order valence-electron chi connectivity index (χ0n) is 9.42. The van der Waals surface area contributed by atoms with E-state index in [1.54, 1.807) is 11.3 Å². The molecule has 1 unspecified atom stereocenters. The third kappa shape index (κ3) is 2.98. The summed E-state index contributed by atoms with van der Waals surface area (Å²) in [5.41, 5.74) is 0.989. The second-order valence-electron chi connectivity index (χ2n) is 3.70. The normalized spacial score (nSPS) is 12.8. The minimum atomic E-state index is -0.721. The molecule has 0 spiro atoms. The van der Waals surface area contributed by atoms with Gasteiger partial charge >= 0.3 is 5.97 Å². The fraction of sp³-hybridized carbons (Fsp3) is 0.333. The summed E-state index contributed by atoms with van der Waals surface area (Å²) in [5, 5.41) is 8.96. The van der Waals surface area contributed by atoms with E-state index >= 15 is 0 Å². The average molecular weight is 267 g/mol. The third-order valence-corrected chi connectivity index (χ3v) is 4.87. The van der Waals surface area contributed by atoms with Gasteiger partial charge in [-0.3, -0.25) is 4.79 Å². The number of carbonyl (C=O) groups is 1. The highest BCUT2D eigenvalue weighted by atomic mass is 32.2. The number of aromatic nitrogens is 1. The van der Waals surface area contributed by atoms with Crippen LogP contribution in [0.3, 0.4) is 0 Å². The summed E-state index contributed by atoms with van der Waals surface area (Å²) in [6.07, 6.45) is 0.660. The molecule has 3 nitrogen and oxygen atoms in total. The van der Waals surface area contributed by atoms with Gasteiger partial charge in [-0.1, -0.05) is 30.8 Å². The van der Waals surface area contributed by atoms with Crippen molar-refractivity contribution in [2.45, 2.75) is 17.7 Å². The molecule has 1 aromatic heterocycles. The monoisotopic (exact) mass is 267 g/mol. The Balaban J connectivity index is 2.06. The Morgan fingerprint density at radius 1 is 1.53 bits per heavy atom. The van der Waals surface area contributed by atoms with E-state index in [-0.39, 0.29) is 5.92 Å². The molecule has 0 fully saturated rings. The molecule has 1 heterocycles. The molecule has 0 aliphatic heterocycles. The Labute approximate surface area is 108 Å². The van der Waals surface area contributed by atoms with Crippen molar-refractivity contribution in [3.63, 3.8) is 0 Å². The number of carboxylic acids is 1. The smallest absolute Gasteiger partial charge is 0.307 e. The highest BCUT2D eigenvalue weighted by Gasteiger charge is 2.16. The number of hydrogen-bond donors (Lipinski definition) is 1. The van der Waals surface area contributed by atoms with Gasteiger partial charge in [-0.05, 0) is 18.6 Å². The largest absolute Gasteiger partial charge is 0.481 e. The molecule has 1 N–H and O–H groups in total. The van der Waals surface area contributed by atoms with E-state index in [0.717, 1.165) is 14.6 Å². The zero-order chi connectivity index (χ0) is 12.3. The quantitative estimate of drug-likeness (QED) is 0.842. The number of para-hydroxylation sites is 1. The van der Waals surface area contributed by atoms with Crippen LogP contribution in [-0.4, -0.2) is 21.8 Å². The first-order valence-corrected chi connectivity index (χ1v) is 7.22. The van der Waals surface area contributed by atoms with Crippen molar-refractivity contribution in [2.24, 2.45) is 5.92 Å². The van der Waals surface area contributed by atoms with Crippen molar-refractivity contribution >= 4 is 39.3 Å². The van der Waals surface area contributed by atoms with Gasteiger partial charge in [0.1, 0.15) is 0 Å². The number of fused-ring (bicyclic) bond motifs is 1. The van der Waals surface area contributed by atoms with E-state index in [2.05, 4.69) is 4.98 Å². The summed E-state index contributed by atoms with van der Waals surface area (Å²) in [5.74, 6) is -0.417. The number of carboxylic acid groups (broad SMARTS) is 1. The number of thioether (sulfide) groups is 1.